The molecule has 1 aromatic carbocycles. The summed E-state index contributed by atoms with van der Waals surface area (Å²) in [5, 5.41) is 1.96. The molecule has 100 valence electrons. The maximum Gasteiger partial charge on any atom is 0.343 e. The van der Waals surface area contributed by atoms with Gasteiger partial charge in [0, 0.05) is 10.2 Å². The van der Waals surface area contributed by atoms with Gasteiger partial charge in [0.05, 0.1) is 12.0 Å². The number of benzene rings is 1. The van der Waals surface area contributed by atoms with Gasteiger partial charge in [-0.05, 0) is 39.5 Å². The summed E-state index contributed by atoms with van der Waals surface area (Å²) in [6.45, 7) is 0.367. The molecule has 2 aromatic rings. The molecule has 0 atom stereocenters. The topological polar surface area (TPSA) is 61.5 Å². The van der Waals surface area contributed by atoms with Gasteiger partial charge in [0.2, 0.25) is 0 Å². The molecule has 4 nitrogen and oxygen atoms in total. The maximum atomic E-state index is 11.7. The predicted octanol–water partition coefficient (Wildman–Crippen LogP) is 3.46. The highest BCUT2D eigenvalue weighted by atomic mass is 79.9. The Bertz CT molecular complexity index is 597. The molecular formula is C13H12BrNO3S. The van der Waals surface area contributed by atoms with Crippen LogP contribution in [0.25, 0.3) is 0 Å². The number of carbonyl (C=O) groups excluding carboxylic acids is 1. The second kappa shape index (κ2) is 6.08. The van der Waals surface area contributed by atoms with Crippen molar-refractivity contribution in [2.75, 3.05) is 12.8 Å². The molecule has 1 heterocycles. The van der Waals surface area contributed by atoms with Crippen molar-refractivity contribution in [3.8, 4) is 5.75 Å². The van der Waals surface area contributed by atoms with Crippen LogP contribution in [0.2, 0.25) is 0 Å². The molecule has 19 heavy (non-hydrogen) atoms. The van der Waals surface area contributed by atoms with E-state index in [0.717, 1.165) is 9.35 Å². The van der Waals surface area contributed by atoms with E-state index in [0.29, 0.717) is 18.0 Å². The van der Waals surface area contributed by atoms with Crippen molar-refractivity contribution in [2.45, 2.75) is 6.61 Å². The number of esters is 1. The molecule has 0 amide bonds. The Morgan fingerprint density at radius 3 is 2.84 bits per heavy atom. The molecule has 0 saturated carbocycles. The van der Waals surface area contributed by atoms with Crippen molar-refractivity contribution >= 4 is 38.9 Å². The highest BCUT2D eigenvalue weighted by Gasteiger charge is 2.17. The van der Waals surface area contributed by atoms with Crippen LogP contribution in [0.3, 0.4) is 0 Å². The van der Waals surface area contributed by atoms with Gasteiger partial charge in [-0.25, -0.2) is 4.79 Å². The second-order valence-corrected chi connectivity index (χ2v) is 5.55. The van der Waals surface area contributed by atoms with Crippen molar-refractivity contribution in [1.29, 1.82) is 0 Å². The molecule has 0 radical (unpaired) electrons. The first-order chi connectivity index (χ1) is 9.13. The lowest BCUT2D eigenvalue weighted by molar-refractivity contribution is 0.0597. The summed E-state index contributed by atoms with van der Waals surface area (Å²) in [4.78, 5) is 12.7. The monoisotopic (exact) mass is 341 g/mol. The summed E-state index contributed by atoms with van der Waals surface area (Å²) < 4.78 is 11.4. The Morgan fingerprint density at radius 2 is 2.21 bits per heavy atom. The number of nitrogens with two attached hydrogens (primary N) is 1. The van der Waals surface area contributed by atoms with Gasteiger partial charge in [0.25, 0.3) is 0 Å². The van der Waals surface area contributed by atoms with E-state index in [1.54, 1.807) is 29.5 Å². The molecule has 0 aliphatic carbocycles. The Balaban J connectivity index is 2.23. The number of hydrogen-bond donors (Lipinski definition) is 1. The number of hydrogen-bond acceptors (Lipinski definition) is 5. The Hall–Kier alpha value is -1.53. The fourth-order valence-corrected chi connectivity index (χ4v) is 2.94. The third-order valence-electron chi connectivity index (χ3n) is 2.50. The second-order valence-electron chi connectivity index (χ2n) is 3.69. The minimum Gasteiger partial charge on any atom is -0.487 e. The maximum absolute atomic E-state index is 11.7. The fraction of sp³-hybridized carbons (Fsp3) is 0.154. The molecule has 0 aliphatic heterocycles. The number of anilines is 1. The molecular weight excluding hydrogens is 330 g/mol. The molecule has 1 aromatic heterocycles. The summed E-state index contributed by atoms with van der Waals surface area (Å²) in [7, 11) is 1.31. The van der Waals surface area contributed by atoms with Gasteiger partial charge < -0.3 is 15.2 Å². The molecule has 2 rings (SSSR count). The molecule has 0 fully saturated rings. The number of halogens is 1. The zero-order valence-corrected chi connectivity index (χ0v) is 12.6. The van der Waals surface area contributed by atoms with Crippen LogP contribution in [0.5, 0.6) is 5.75 Å². The van der Waals surface area contributed by atoms with Crippen molar-refractivity contribution in [3.63, 3.8) is 0 Å². The van der Waals surface area contributed by atoms with Gasteiger partial charge in [-0.1, -0.05) is 6.07 Å². The highest BCUT2D eigenvalue weighted by Crippen LogP contribution is 2.28. The van der Waals surface area contributed by atoms with E-state index < -0.39 is 5.97 Å². The van der Waals surface area contributed by atoms with Crippen molar-refractivity contribution in [2.24, 2.45) is 0 Å². The molecule has 0 unspecified atom stereocenters. The van der Waals surface area contributed by atoms with Crippen molar-refractivity contribution in [3.05, 3.63) is 44.6 Å². The smallest absolute Gasteiger partial charge is 0.343 e. The lowest BCUT2D eigenvalue weighted by Crippen LogP contribution is -2.09. The minimum absolute atomic E-state index is 0.262. The summed E-state index contributed by atoms with van der Waals surface area (Å²) in [5.74, 6) is -0.0782. The molecule has 0 spiro atoms. The van der Waals surface area contributed by atoms with Gasteiger partial charge in [-0.2, -0.15) is 0 Å². The minimum atomic E-state index is -0.502. The third kappa shape index (κ3) is 3.08. The van der Waals surface area contributed by atoms with Gasteiger partial charge in [-0.15, -0.1) is 11.3 Å². The molecule has 6 heteroatoms. The van der Waals surface area contributed by atoms with Crippen LogP contribution < -0.4 is 10.5 Å². The normalized spacial score (nSPS) is 10.2. The number of methoxy groups -OCH3 is 1. The zero-order valence-electron chi connectivity index (χ0n) is 10.2. The quantitative estimate of drug-likeness (QED) is 0.683. The molecule has 0 bridgehead atoms. The molecule has 0 aliphatic rings. The fourth-order valence-electron chi connectivity index (χ4n) is 1.56. The zero-order chi connectivity index (χ0) is 13.8. The van der Waals surface area contributed by atoms with Crippen LogP contribution in [0.1, 0.15) is 15.2 Å². The van der Waals surface area contributed by atoms with E-state index in [4.69, 9.17) is 15.2 Å². The summed E-state index contributed by atoms with van der Waals surface area (Å²) >= 11 is 5.00. The van der Waals surface area contributed by atoms with E-state index in [2.05, 4.69) is 15.9 Å². The van der Waals surface area contributed by atoms with Gasteiger partial charge in [-0.3, -0.25) is 0 Å². The number of carbonyl (C=O) groups is 1. The van der Waals surface area contributed by atoms with E-state index >= 15 is 0 Å². The largest absolute Gasteiger partial charge is 0.487 e. The lowest BCUT2D eigenvalue weighted by atomic mass is 10.1. The Morgan fingerprint density at radius 1 is 1.42 bits per heavy atom. The van der Waals surface area contributed by atoms with E-state index in [1.807, 2.05) is 11.4 Å². The number of nitrogen functional groups attached to an aromatic ring is 1. The van der Waals surface area contributed by atoms with Crippen LogP contribution in [0.15, 0.2) is 34.1 Å². The number of rotatable bonds is 4. The summed E-state index contributed by atoms with van der Waals surface area (Å²) in [6, 6.07) is 7.02. The Kier molecular flexibility index (Phi) is 4.44. The lowest BCUT2D eigenvalue weighted by Gasteiger charge is -2.11. The van der Waals surface area contributed by atoms with Crippen LogP contribution >= 0.6 is 27.3 Å². The van der Waals surface area contributed by atoms with Crippen LogP contribution in [-0.2, 0) is 11.3 Å². The first kappa shape index (κ1) is 13.9. The van der Waals surface area contributed by atoms with Gasteiger partial charge in [0.15, 0.2) is 0 Å². The van der Waals surface area contributed by atoms with Gasteiger partial charge in [0.1, 0.15) is 17.9 Å². The van der Waals surface area contributed by atoms with E-state index in [1.165, 1.54) is 7.11 Å². The van der Waals surface area contributed by atoms with E-state index in [-0.39, 0.29) is 5.56 Å². The SMILES string of the molecule is COC(=O)c1c(N)cccc1OCc1sccc1Br. The van der Waals surface area contributed by atoms with Crippen LogP contribution in [0.4, 0.5) is 5.69 Å². The number of ether oxygens (including phenoxy) is 2. The first-order valence-corrected chi connectivity index (χ1v) is 7.12. The summed E-state index contributed by atoms with van der Waals surface area (Å²) in [6.07, 6.45) is 0. The molecule has 0 saturated heterocycles. The summed E-state index contributed by atoms with van der Waals surface area (Å²) in [5.41, 5.74) is 6.39. The predicted molar refractivity (Wildman–Crippen MR) is 78.5 cm³/mol. The average molecular weight is 342 g/mol. The standard InChI is InChI=1S/C13H12BrNO3S/c1-17-13(16)12-9(15)3-2-4-10(12)18-7-11-8(14)5-6-19-11/h2-6H,7,15H2,1H3. The van der Waals surface area contributed by atoms with Crippen LogP contribution in [-0.4, -0.2) is 13.1 Å². The molecule has 2 N–H and O–H groups in total. The van der Waals surface area contributed by atoms with Crippen molar-refractivity contribution < 1.29 is 14.3 Å². The first-order valence-electron chi connectivity index (χ1n) is 5.45. The van der Waals surface area contributed by atoms with Crippen LogP contribution in [0, 0.1) is 0 Å². The van der Waals surface area contributed by atoms with Crippen molar-refractivity contribution in [1.82, 2.24) is 0 Å². The highest BCUT2D eigenvalue weighted by molar-refractivity contribution is 9.10. The number of thiophene rings is 1. The average Bonchev–Trinajstić information content (AvgIpc) is 2.81. The van der Waals surface area contributed by atoms with Gasteiger partial charge >= 0.3 is 5.97 Å². The van der Waals surface area contributed by atoms with E-state index in [9.17, 15) is 4.79 Å². The third-order valence-corrected chi connectivity index (χ3v) is 4.40. The Labute approximate surface area is 123 Å².